The first kappa shape index (κ1) is 16.2. The molecule has 8 heteroatoms. The number of aryl methyl sites for hydroxylation is 3. The van der Waals surface area contributed by atoms with Gasteiger partial charge in [-0.2, -0.15) is 5.10 Å². The highest BCUT2D eigenvalue weighted by molar-refractivity contribution is 6.04. The summed E-state index contributed by atoms with van der Waals surface area (Å²) >= 11 is 0. The Morgan fingerprint density at radius 1 is 1.25 bits per heavy atom. The lowest BCUT2D eigenvalue weighted by Gasteiger charge is -2.09. The van der Waals surface area contributed by atoms with Crippen LogP contribution >= 0.6 is 0 Å². The van der Waals surface area contributed by atoms with E-state index in [4.69, 9.17) is 4.52 Å². The van der Waals surface area contributed by atoms with Gasteiger partial charge in [0.1, 0.15) is 17.2 Å². The minimum absolute atomic E-state index is 0.00631. The molecule has 0 bridgehead atoms. The van der Waals surface area contributed by atoms with Gasteiger partial charge in [0.05, 0.1) is 0 Å². The smallest absolute Gasteiger partial charge is 0.276 e. The third-order valence-electron chi connectivity index (χ3n) is 4.36. The van der Waals surface area contributed by atoms with Crippen molar-refractivity contribution < 1.29 is 14.1 Å². The van der Waals surface area contributed by atoms with Crippen LogP contribution in [0.15, 0.2) is 10.6 Å². The number of nitrogens with one attached hydrogen (secondary N) is 2. The van der Waals surface area contributed by atoms with Crippen molar-refractivity contribution >= 4 is 23.3 Å². The molecule has 0 spiro atoms. The van der Waals surface area contributed by atoms with E-state index in [2.05, 4.69) is 20.9 Å². The van der Waals surface area contributed by atoms with E-state index in [-0.39, 0.29) is 23.4 Å². The quantitative estimate of drug-likeness (QED) is 0.895. The number of amides is 2. The molecule has 1 fully saturated rings. The number of hydrogen-bond donors (Lipinski definition) is 2. The van der Waals surface area contributed by atoms with Crippen molar-refractivity contribution in [1.82, 2.24) is 14.9 Å². The Hall–Kier alpha value is -2.64. The van der Waals surface area contributed by atoms with Crippen LogP contribution in [0, 0.1) is 19.8 Å². The SMILES string of the molecule is Cc1noc(C)c1NC(=O)c1cc(NC(=O)C2CCCC2)n(C)n1. The average molecular weight is 331 g/mol. The zero-order valence-corrected chi connectivity index (χ0v) is 14.0. The first-order valence-corrected chi connectivity index (χ1v) is 8.05. The number of carbonyl (C=O) groups excluding carboxylic acids is 2. The van der Waals surface area contributed by atoms with Gasteiger partial charge in [0, 0.05) is 19.0 Å². The fourth-order valence-electron chi connectivity index (χ4n) is 2.95. The number of anilines is 2. The summed E-state index contributed by atoms with van der Waals surface area (Å²) in [5.41, 5.74) is 1.37. The fraction of sp³-hybridized carbons (Fsp3) is 0.500. The van der Waals surface area contributed by atoms with Crippen molar-refractivity contribution in [2.75, 3.05) is 10.6 Å². The summed E-state index contributed by atoms with van der Waals surface area (Å²) in [4.78, 5) is 24.6. The van der Waals surface area contributed by atoms with E-state index in [1.54, 1.807) is 27.0 Å². The van der Waals surface area contributed by atoms with Crippen LogP contribution in [-0.2, 0) is 11.8 Å². The highest BCUT2D eigenvalue weighted by Gasteiger charge is 2.24. The molecule has 0 atom stereocenters. The molecular formula is C16H21N5O3. The van der Waals surface area contributed by atoms with Gasteiger partial charge in [-0.05, 0) is 26.7 Å². The maximum Gasteiger partial charge on any atom is 0.276 e. The lowest BCUT2D eigenvalue weighted by molar-refractivity contribution is -0.119. The molecule has 2 N–H and O–H groups in total. The Bertz CT molecular complexity index is 751. The van der Waals surface area contributed by atoms with Gasteiger partial charge in [0.15, 0.2) is 11.5 Å². The zero-order valence-electron chi connectivity index (χ0n) is 14.0. The molecule has 0 aromatic carbocycles. The average Bonchev–Trinajstić information content (AvgIpc) is 3.26. The van der Waals surface area contributed by atoms with E-state index in [9.17, 15) is 9.59 Å². The van der Waals surface area contributed by atoms with Crippen molar-refractivity contribution in [3.63, 3.8) is 0 Å². The van der Waals surface area contributed by atoms with Gasteiger partial charge in [0.2, 0.25) is 5.91 Å². The van der Waals surface area contributed by atoms with Crippen LogP contribution < -0.4 is 10.6 Å². The maximum absolute atomic E-state index is 12.4. The van der Waals surface area contributed by atoms with Crippen LogP contribution in [0.5, 0.6) is 0 Å². The molecule has 2 heterocycles. The van der Waals surface area contributed by atoms with E-state index in [0.29, 0.717) is 23.0 Å². The fourth-order valence-corrected chi connectivity index (χ4v) is 2.95. The molecule has 0 aliphatic heterocycles. The third-order valence-corrected chi connectivity index (χ3v) is 4.36. The molecule has 128 valence electrons. The van der Waals surface area contributed by atoms with Crippen LogP contribution in [0.3, 0.4) is 0 Å². The van der Waals surface area contributed by atoms with E-state index < -0.39 is 0 Å². The largest absolute Gasteiger partial charge is 0.359 e. The molecule has 0 radical (unpaired) electrons. The van der Waals surface area contributed by atoms with Gasteiger partial charge in [-0.3, -0.25) is 14.3 Å². The molecule has 1 aliphatic rings. The predicted octanol–water partition coefficient (Wildman–Crippen LogP) is 2.41. The summed E-state index contributed by atoms with van der Waals surface area (Å²) in [6.07, 6.45) is 4.02. The number of rotatable bonds is 4. The number of hydrogen-bond acceptors (Lipinski definition) is 5. The highest BCUT2D eigenvalue weighted by Crippen LogP contribution is 2.26. The van der Waals surface area contributed by atoms with E-state index >= 15 is 0 Å². The molecular weight excluding hydrogens is 310 g/mol. The number of aromatic nitrogens is 3. The standard InChI is InChI=1S/C16H21N5O3/c1-9-14(10(2)24-20-9)18-16(23)12-8-13(21(3)19-12)17-15(22)11-6-4-5-7-11/h8,11H,4-7H2,1-3H3,(H,17,22)(H,18,23). The van der Waals surface area contributed by atoms with Crippen LogP contribution in [0.4, 0.5) is 11.5 Å². The second-order valence-corrected chi connectivity index (χ2v) is 6.16. The molecule has 1 aliphatic carbocycles. The Labute approximate surface area is 139 Å². The molecule has 2 aromatic heterocycles. The van der Waals surface area contributed by atoms with E-state index in [0.717, 1.165) is 25.7 Å². The predicted molar refractivity (Wildman–Crippen MR) is 87.7 cm³/mol. The zero-order chi connectivity index (χ0) is 17.3. The summed E-state index contributed by atoms with van der Waals surface area (Å²) in [6, 6.07) is 1.57. The summed E-state index contributed by atoms with van der Waals surface area (Å²) in [6.45, 7) is 3.47. The molecule has 8 nitrogen and oxygen atoms in total. The number of carbonyl (C=O) groups is 2. The van der Waals surface area contributed by atoms with Crippen LogP contribution in [-0.4, -0.2) is 26.8 Å². The second kappa shape index (κ2) is 6.46. The number of nitrogens with zero attached hydrogens (tertiary/aromatic N) is 3. The van der Waals surface area contributed by atoms with Gasteiger partial charge in [-0.15, -0.1) is 0 Å². The molecule has 0 unspecified atom stereocenters. The first-order chi connectivity index (χ1) is 11.5. The Morgan fingerprint density at radius 2 is 1.96 bits per heavy atom. The lowest BCUT2D eigenvalue weighted by atomic mass is 10.1. The van der Waals surface area contributed by atoms with Gasteiger partial charge in [0.25, 0.3) is 5.91 Å². The minimum atomic E-state index is -0.374. The molecule has 24 heavy (non-hydrogen) atoms. The van der Waals surface area contributed by atoms with Crippen LogP contribution in [0.2, 0.25) is 0 Å². The summed E-state index contributed by atoms with van der Waals surface area (Å²) < 4.78 is 6.52. The Kier molecular flexibility index (Phi) is 4.37. The van der Waals surface area contributed by atoms with Crippen molar-refractivity contribution in [2.45, 2.75) is 39.5 Å². The molecule has 3 rings (SSSR count). The van der Waals surface area contributed by atoms with Gasteiger partial charge < -0.3 is 15.2 Å². The van der Waals surface area contributed by atoms with E-state index in [1.807, 2.05) is 0 Å². The van der Waals surface area contributed by atoms with Crippen molar-refractivity contribution in [2.24, 2.45) is 13.0 Å². The van der Waals surface area contributed by atoms with Crippen molar-refractivity contribution in [3.8, 4) is 0 Å². The lowest BCUT2D eigenvalue weighted by Crippen LogP contribution is -2.21. The van der Waals surface area contributed by atoms with Crippen LogP contribution in [0.1, 0.15) is 47.6 Å². The van der Waals surface area contributed by atoms with Crippen molar-refractivity contribution in [3.05, 3.63) is 23.2 Å². The Morgan fingerprint density at radius 3 is 2.58 bits per heavy atom. The maximum atomic E-state index is 12.4. The summed E-state index contributed by atoms with van der Waals surface area (Å²) in [7, 11) is 1.69. The monoisotopic (exact) mass is 331 g/mol. The second-order valence-electron chi connectivity index (χ2n) is 6.16. The molecule has 2 aromatic rings. The van der Waals surface area contributed by atoms with E-state index in [1.165, 1.54) is 4.68 Å². The topological polar surface area (TPSA) is 102 Å². The summed E-state index contributed by atoms with van der Waals surface area (Å²) in [5.74, 6) is 0.719. The van der Waals surface area contributed by atoms with Crippen molar-refractivity contribution in [1.29, 1.82) is 0 Å². The molecule has 1 saturated carbocycles. The summed E-state index contributed by atoms with van der Waals surface area (Å²) in [5, 5.41) is 13.6. The third kappa shape index (κ3) is 3.17. The minimum Gasteiger partial charge on any atom is -0.359 e. The highest BCUT2D eigenvalue weighted by atomic mass is 16.5. The van der Waals surface area contributed by atoms with Gasteiger partial charge >= 0.3 is 0 Å². The normalized spacial score (nSPS) is 14.8. The first-order valence-electron chi connectivity index (χ1n) is 8.05. The Balaban J connectivity index is 1.71. The molecule has 0 saturated heterocycles. The van der Waals surface area contributed by atoms with Crippen LogP contribution in [0.25, 0.3) is 0 Å². The molecule has 2 amide bonds. The van der Waals surface area contributed by atoms with Gasteiger partial charge in [-0.25, -0.2) is 0 Å². The van der Waals surface area contributed by atoms with Gasteiger partial charge in [-0.1, -0.05) is 18.0 Å².